The van der Waals surface area contributed by atoms with E-state index < -0.39 is 0 Å². The Morgan fingerprint density at radius 2 is 1.82 bits per heavy atom. The van der Waals surface area contributed by atoms with Crippen molar-refractivity contribution in [1.82, 2.24) is 10.2 Å². The molecule has 0 aromatic heterocycles. The predicted molar refractivity (Wildman–Crippen MR) is 75.4 cm³/mol. The summed E-state index contributed by atoms with van der Waals surface area (Å²) in [6.07, 6.45) is 3.63. The van der Waals surface area contributed by atoms with E-state index in [0.29, 0.717) is 6.04 Å². The average molecular weight is 234 g/mol. The van der Waals surface area contributed by atoms with Crippen LogP contribution in [0.4, 0.5) is 0 Å². The molecule has 1 aromatic rings. The zero-order valence-electron chi connectivity index (χ0n) is 11.4. The molecule has 0 fully saturated rings. The highest BCUT2D eigenvalue weighted by Crippen LogP contribution is 2.07. The standard InChI is InChI=1S/C15H26N2/c1-4-16-15(12-13-17(2)3)11-10-14-8-6-5-7-9-14/h5-9,15-16H,4,10-13H2,1-3H3. The lowest BCUT2D eigenvalue weighted by Gasteiger charge is -2.20. The molecule has 17 heavy (non-hydrogen) atoms. The van der Waals surface area contributed by atoms with Gasteiger partial charge < -0.3 is 10.2 Å². The molecule has 2 nitrogen and oxygen atoms in total. The zero-order valence-corrected chi connectivity index (χ0v) is 11.4. The molecule has 96 valence electrons. The Morgan fingerprint density at radius 3 is 2.41 bits per heavy atom. The van der Waals surface area contributed by atoms with E-state index in [1.165, 1.54) is 24.8 Å². The lowest BCUT2D eigenvalue weighted by molar-refractivity contribution is 0.351. The fourth-order valence-corrected chi connectivity index (χ4v) is 2.04. The highest BCUT2D eigenvalue weighted by molar-refractivity contribution is 5.14. The summed E-state index contributed by atoms with van der Waals surface area (Å²) in [7, 11) is 4.28. The number of rotatable bonds is 8. The minimum atomic E-state index is 0.641. The van der Waals surface area contributed by atoms with Crippen molar-refractivity contribution >= 4 is 0 Å². The van der Waals surface area contributed by atoms with Crippen LogP contribution in [-0.4, -0.2) is 38.1 Å². The summed E-state index contributed by atoms with van der Waals surface area (Å²) in [4.78, 5) is 2.26. The smallest absolute Gasteiger partial charge is 0.00822 e. The molecule has 0 bridgehead atoms. The van der Waals surface area contributed by atoms with Gasteiger partial charge in [-0.25, -0.2) is 0 Å². The van der Waals surface area contributed by atoms with Crippen LogP contribution in [0.25, 0.3) is 0 Å². The molecule has 1 aromatic carbocycles. The van der Waals surface area contributed by atoms with Crippen molar-refractivity contribution < 1.29 is 0 Å². The molecule has 1 rings (SSSR count). The largest absolute Gasteiger partial charge is 0.314 e. The van der Waals surface area contributed by atoms with Gasteiger partial charge in [0.25, 0.3) is 0 Å². The van der Waals surface area contributed by atoms with Crippen molar-refractivity contribution in [3.05, 3.63) is 35.9 Å². The van der Waals surface area contributed by atoms with Crippen LogP contribution < -0.4 is 5.32 Å². The van der Waals surface area contributed by atoms with Gasteiger partial charge in [0, 0.05) is 6.04 Å². The predicted octanol–water partition coefficient (Wildman–Crippen LogP) is 2.55. The van der Waals surface area contributed by atoms with Crippen LogP contribution in [0, 0.1) is 0 Å². The van der Waals surface area contributed by atoms with Gasteiger partial charge >= 0.3 is 0 Å². The average Bonchev–Trinajstić information content (AvgIpc) is 2.34. The van der Waals surface area contributed by atoms with Gasteiger partial charge in [-0.1, -0.05) is 37.3 Å². The van der Waals surface area contributed by atoms with Crippen LogP contribution in [0.5, 0.6) is 0 Å². The van der Waals surface area contributed by atoms with Crippen molar-refractivity contribution in [3.8, 4) is 0 Å². The number of aryl methyl sites for hydroxylation is 1. The molecule has 1 unspecified atom stereocenters. The first-order valence-electron chi connectivity index (χ1n) is 6.64. The SMILES string of the molecule is CCNC(CCc1ccccc1)CCN(C)C. The third-order valence-electron chi connectivity index (χ3n) is 3.04. The molecule has 0 amide bonds. The number of hydrogen-bond donors (Lipinski definition) is 1. The van der Waals surface area contributed by atoms with Gasteiger partial charge in [0.05, 0.1) is 0 Å². The molecule has 2 heteroatoms. The van der Waals surface area contributed by atoms with Crippen molar-refractivity contribution in [2.75, 3.05) is 27.2 Å². The minimum absolute atomic E-state index is 0.641. The molecule has 0 saturated carbocycles. The highest BCUT2D eigenvalue weighted by atomic mass is 15.1. The third-order valence-corrected chi connectivity index (χ3v) is 3.04. The Morgan fingerprint density at radius 1 is 1.12 bits per heavy atom. The first-order valence-corrected chi connectivity index (χ1v) is 6.64. The van der Waals surface area contributed by atoms with Crippen LogP contribution in [0.2, 0.25) is 0 Å². The summed E-state index contributed by atoms with van der Waals surface area (Å²) in [6, 6.07) is 11.4. The second kappa shape index (κ2) is 8.26. The summed E-state index contributed by atoms with van der Waals surface area (Å²) in [5, 5.41) is 3.58. The topological polar surface area (TPSA) is 15.3 Å². The number of hydrogen-bond acceptors (Lipinski definition) is 2. The number of nitrogens with zero attached hydrogens (tertiary/aromatic N) is 1. The van der Waals surface area contributed by atoms with Crippen LogP contribution in [-0.2, 0) is 6.42 Å². The Bertz CT molecular complexity index is 282. The maximum Gasteiger partial charge on any atom is 0.00822 e. The van der Waals surface area contributed by atoms with E-state index in [2.05, 4.69) is 61.6 Å². The number of nitrogens with one attached hydrogen (secondary N) is 1. The highest BCUT2D eigenvalue weighted by Gasteiger charge is 2.07. The van der Waals surface area contributed by atoms with Gasteiger partial charge in [-0.05, 0) is 52.0 Å². The fraction of sp³-hybridized carbons (Fsp3) is 0.600. The van der Waals surface area contributed by atoms with Gasteiger partial charge in [-0.3, -0.25) is 0 Å². The van der Waals surface area contributed by atoms with Gasteiger partial charge in [-0.15, -0.1) is 0 Å². The molecule has 1 N–H and O–H groups in total. The van der Waals surface area contributed by atoms with E-state index in [0.717, 1.165) is 13.1 Å². The van der Waals surface area contributed by atoms with Gasteiger partial charge in [0.2, 0.25) is 0 Å². The lowest BCUT2D eigenvalue weighted by atomic mass is 10.0. The van der Waals surface area contributed by atoms with Crippen molar-refractivity contribution in [1.29, 1.82) is 0 Å². The Balaban J connectivity index is 2.33. The van der Waals surface area contributed by atoms with E-state index in [1.807, 2.05) is 0 Å². The molecule has 0 aliphatic carbocycles. The fourth-order valence-electron chi connectivity index (χ4n) is 2.04. The number of benzene rings is 1. The van der Waals surface area contributed by atoms with Crippen LogP contribution in [0.15, 0.2) is 30.3 Å². The quantitative estimate of drug-likeness (QED) is 0.743. The Hall–Kier alpha value is -0.860. The van der Waals surface area contributed by atoms with Crippen molar-refractivity contribution in [2.24, 2.45) is 0 Å². The first-order chi connectivity index (χ1) is 8.22. The van der Waals surface area contributed by atoms with Gasteiger partial charge in [-0.2, -0.15) is 0 Å². The summed E-state index contributed by atoms with van der Waals surface area (Å²) >= 11 is 0. The summed E-state index contributed by atoms with van der Waals surface area (Å²) in [5.41, 5.74) is 1.44. The van der Waals surface area contributed by atoms with E-state index in [4.69, 9.17) is 0 Å². The van der Waals surface area contributed by atoms with Gasteiger partial charge in [0.15, 0.2) is 0 Å². The molecular formula is C15H26N2. The molecular weight excluding hydrogens is 208 g/mol. The third kappa shape index (κ3) is 6.44. The van der Waals surface area contributed by atoms with E-state index >= 15 is 0 Å². The van der Waals surface area contributed by atoms with E-state index in [-0.39, 0.29) is 0 Å². The summed E-state index contributed by atoms with van der Waals surface area (Å²) < 4.78 is 0. The van der Waals surface area contributed by atoms with Crippen molar-refractivity contribution in [3.63, 3.8) is 0 Å². The Labute approximate surface area is 106 Å². The molecule has 1 atom stereocenters. The van der Waals surface area contributed by atoms with E-state index in [1.54, 1.807) is 0 Å². The van der Waals surface area contributed by atoms with Crippen LogP contribution in [0.3, 0.4) is 0 Å². The molecule has 0 saturated heterocycles. The van der Waals surface area contributed by atoms with Gasteiger partial charge in [0.1, 0.15) is 0 Å². The van der Waals surface area contributed by atoms with E-state index in [9.17, 15) is 0 Å². The molecule has 0 aliphatic heterocycles. The van der Waals surface area contributed by atoms with Crippen LogP contribution >= 0.6 is 0 Å². The molecule has 0 radical (unpaired) electrons. The molecule has 0 spiro atoms. The summed E-state index contributed by atoms with van der Waals surface area (Å²) in [6.45, 7) is 4.41. The second-order valence-corrected chi connectivity index (χ2v) is 4.87. The second-order valence-electron chi connectivity index (χ2n) is 4.87. The minimum Gasteiger partial charge on any atom is -0.314 e. The van der Waals surface area contributed by atoms with Crippen molar-refractivity contribution in [2.45, 2.75) is 32.2 Å². The Kier molecular flexibility index (Phi) is 6.90. The maximum absolute atomic E-state index is 3.58. The maximum atomic E-state index is 3.58. The summed E-state index contributed by atoms with van der Waals surface area (Å²) in [5.74, 6) is 0. The van der Waals surface area contributed by atoms with Crippen LogP contribution in [0.1, 0.15) is 25.3 Å². The molecule has 0 heterocycles. The monoisotopic (exact) mass is 234 g/mol. The normalized spacial score (nSPS) is 12.9. The first kappa shape index (κ1) is 14.2. The lowest BCUT2D eigenvalue weighted by Crippen LogP contribution is -2.32. The molecule has 0 aliphatic rings. The zero-order chi connectivity index (χ0) is 12.5.